The maximum absolute atomic E-state index is 12.3. The second-order valence-electron chi connectivity index (χ2n) is 5.83. The van der Waals surface area contributed by atoms with Crippen molar-refractivity contribution in [3.63, 3.8) is 0 Å². The lowest BCUT2D eigenvalue weighted by atomic mass is 10.1. The summed E-state index contributed by atoms with van der Waals surface area (Å²) in [6.07, 6.45) is 1.74. The van der Waals surface area contributed by atoms with E-state index in [-0.39, 0.29) is 11.7 Å². The zero-order valence-corrected chi connectivity index (χ0v) is 15.4. The number of anilines is 1. The third-order valence-corrected chi connectivity index (χ3v) is 4.45. The molecule has 1 N–H and O–H groups in total. The Labute approximate surface area is 158 Å². The van der Waals surface area contributed by atoms with Crippen molar-refractivity contribution in [3.05, 3.63) is 76.8 Å². The van der Waals surface area contributed by atoms with Gasteiger partial charge in [-0.2, -0.15) is 0 Å². The van der Waals surface area contributed by atoms with Crippen molar-refractivity contribution in [3.8, 4) is 11.3 Å². The van der Waals surface area contributed by atoms with Gasteiger partial charge >= 0.3 is 0 Å². The average Bonchev–Trinajstić information content (AvgIpc) is 3.09. The van der Waals surface area contributed by atoms with Gasteiger partial charge in [0.1, 0.15) is 0 Å². The van der Waals surface area contributed by atoms with Crippen molar-refractivity contribution < 1.29 is 9.21 Å². The normalized spacial score (nSPS) is 10.8. The van der Waals surface area contributed by atoms with Gasteiger partial charge in [0.15, 0.2) is 10.4 Å². The van der Waals surface area contributed by atoms with Crippen molar-refractivity contribution in [1.29, 1.82) is 0 Å². The fourth-order valence-electron chi connectivity index (χ4n) is 2.63. The summed E-state index contributed by atoms with van der Waals surface area (Å²) in [5, 5.41) is 2.89. The number of carbonyl (C=O) groups is 1. The fraction of sp³-hybridized carbons (Fsp3) is 0.0500. The van der Waals surface area contributed by atoms with E-state index in [9.17, 15) is 4.79 Å². The van der Waals surface area contributed by atoms with Gasteiger partial charge in [-0.1, -0.05) is 24.3 Å². The first-order valence-corrected chi connectivity index (χ1v) is 8.79. The molecule has 2 aromatic carbocycles. The molecule has 2 heterocycles. The molecule has 0 saturated carbocycles. The van der Waals surface area contributed by atoms with E-state index < -0.39 is 0 Å². The molecule has 0 aliphatic rings. The average molecular weight is 408 g/mol. The minimum absolute atomic E-state index is 0.243. The van der Waals surface area contributed by atoms with E-state index >= 15 is 0 Å². The second-order valence-corrected chi connectivity index (χ2v) is 6.61. The molecule has 0 fully saturated rings. The van der Waals surface area contributed by atoms with Gasteiger partial charge in [-0.3, -0.25) is 9.78 Å². The first-order chi connectivity index (χ1) is 12.6. The Balaban J connectivity index is 1.67. The van der Waals surface area contributed by atoms with E-state index in [0.29, 0.717) is 10.4 Å². The van der Waals surface area contributed by atoms with Crippen LogP contribution in [0.3, 0.4) is 0 Å². The molecule has 0 atom stereocenters. The molecule has 26 heavy (non-hydrogen) atoms. The summed E-state index contributed by atoms with van der Waals surface area (Å²) in [6, 6.07) is 16.8. The highest BCUT2D eigenvalue weighted by molar-refractivity contribution is 9.10. The van der Waals surface area contributed by atoms with Crippen LogP contribution in [0.2, 0.25) is 0 Å². The molecular formula is C20H14BrN3O2. The van der Waals surface area contributed by atoms with Crippen LogP contribution in [0.4, 0.5) is 5.69 Å². The summed E-state index contributed by atoms with van der Waals surface area (Å²) < 4.78 is 5.82. The SMILES string of the molecule is Cc1ccc(-c2cnc3ccccc3n2)cc1NC(=O)c1ccc(Br)o1. The third-order valence-electron chi connectivity index (χ3n) is 4.03. The highest BCUT2D eigenvalue weighted by atomic mass is 79.9. The van der Waals surface area contributed by atoms with E-state index in [1.54, 1.807) is 18.3 Å². The molecule has 0 aliphatic carbocycles. The van der Waals surface area contributed by atoms with E-state index in [4.69, 9.17) is 4.42 Å². The van der Waals surface area contributed by atoms with Crippen LogP contribution in [0.25, 0.3) is 22.3 Å². The first-order valence-electron chi connectivity index (χ1n) is 8.00. The van der Waals surface area contributed by atoms with Crippen molar-refractivity contribution >= 4 is 38.6 Å². The quantitative estimate of drug-likeness (QED) is 0.505. The lowest BCUT2D eigenvalue weighted by molar-refractivity contribution is 0.0995. The van der Waals surface area contributed by atoms with E-state index in [2.05, 4.69) is 31.2 Å². The fourth-order valence-corrected chi connectivity index (χ4v) is 2.94. The summed E-state index contributed by atoms with van der Waals surface area (Å²) in [7, 11) is 0. The number of carbonyl (C=O) groups excluding carboxylic acids is 1. The molecular weight excluding hydrogens is 394 g/mol. The number of nitrogens with zero attached hydrogens (tertiary/aromatic N) is 2. The minimum atomic E-state index is -0.305. The molecule has 0 radical (unpaired) electrons. The lowest BCUT2D eigenvalue weighted by Gasteiger charge is -2.10. The molecule has 0 saturated heterocycles. The van der Waals surface area contributed by atoms with Gasteiger partial charge in [-0.25, -0.2) is 4.98 Å². The van der Waals surface area contributed by atoms with Crippen LogP contribution < -0.4 is 5.32 Å². The number of benzene rings is 2. The highest BCUT2D eigenvalue weighted by Crippen LogP contribution is 2.26. The van der Waals surface area contributed by atoms with Crippen molar-refractivity contribution in [1.82, 2.24) is 9.97 Å². The molecule has 128 valence electrons. The second kappa shape index (κ2) is 6.72. The maximum atomic E-state index is 12.3. The number of amides is 1. The summed E-state index contributed by atoms with van der Waals surface area (Å²) in [5.74, 6) is -0.0623. The van der Waals surface area contributed by atoms with E-state index in [0.717, 1.165) is 27.9 Å². The Bertz CT molecular complexity index is 1120. The summed E-state index contributed by atoms with van der Waals surface area (Å²) in [5.41, 5.74) is 4.96. The van der Waals surface area contributed by atoms with Crippen LogP contribution >= 0.6 is 15.9 Å². The molecule has 0 unspecified atom stereocenters. The molecule has 6 heteroatoms. The number of furan rings is 1. The van der Waals surface area contributed by atoms with Crippen LogP contribution in [-0.2, 0) is 0 Å². The number of hydrogen-bond donors (Lipinski definition) is 1. The van der Waals surface area contributed by atoms with Crippen molar-refractivity contribution in [2.45, 2.75) is 6.92 Å². The molecule has 2 aromatic heterocycles. The number of para-hydroxylation sites is 2. The predicted octanol–water partition coefficient (Wildman–Crippen LogP) is 5.21. The van der Waals surface area contributed by atoms with Gasteiger partial charge in [0.05, 0.1) is 22.9 Å². The van der Waals surface area contributed by atoms with Crippen molar-refractivity contribution in [2.24, 2.45) is 0 Å². The summed E-state index contributed by atoms with van der Waals surface area (Å²) >= 11 is 3.20. The number of aryl methyl sites for hydroxylation is 1. The predicted molar refractivity (Wildman–Crippen MR) is 104 cm³/mol. The topological polar surface area (TPSA) is 68.0 Å². The lowest BCUT2D eigenvalue weighted by Crippen LogP contribution is -2.11. The van der Waals surface area contributed by atoms with Crippen LogP contribution in [0.5, 0.6) is 0 Å². The molecule has 0 bridgehead atoms. The van der Waals surface area contributed by atoms with Crippen LogP contribution in [0, 0.1) is 6.92 Å². The molecule has 0 aliphatic heterocycles. The van der Waals surface area contributed by atoms with Crippen LogP contribution in [-0.4, -0.2) is 15.9 Å². The summed E-state index contributed by atoms with van der Waals surface area (Å²) in [4.78, 5) is 21.5. The molecule has 5 nitrogen and oxygen atoms in total. The zero-order chi connectivity index (χ0) is 18.1. The Morgan fingerprint density at radius 3 is 2.65 bits per heavy atom. The molecule has 4 aromatic rings. The smallest absolute Gasteiger partial charge is 0.291 e. The monoisotopic (exact) mass is 407 g/mol. The summed E-state index contributed by atoms with van der Waals surface area (Å²) in [6.45, 7) is 1.93. The Morgan fingerprint density at radius 2 is 1.88 bits per heavy atom. The van der Waals surface area contributed by atoms with Gasteiger partial charge in [0, 0.05) is 11.3 Å². The van der Waals surface area contributed by atoms with Crippen LogP contribution in [0.1, 0.15) is 16.1 Å². The zero-order valence-electron chi connectivity index (χ0n) is 13.9. The maximum Gasteiger partial charge on any atom is 0.291 e. The number of fused-ring (bicyclic) bond motifs is 1. The minimum Gasteiger partial charge on any atom is -0.444 e. The van der Waals surface area contributed by atoms with Gasteiger partial charge in [-0.15, -0.1) is 0 Å². The molecule has 1 amide bonds. The van der Waals surface area contributed by atoms with Gasteiger partial charge in [0.2, 0.25) is 0 Å². The first kappa shape index (κ1) is 16.5. The van der Waals surface area contributed by atoms with Crippen LogP contribution in [0.15, 0.2) is 69.9 Å². The molecule has 4 rings (SSSR count). The third kappa shape index (κ3) is 3.23. The van der Waals surface area contributed by atoms with Gasteiger partial charge in [0.25, 0.3) is 5.91 Å². The number of halogens is 1. The number of hydrogen-bond acceptors (Lipinski definition) is 4. The van der Waals surface area contributed by atoms with Gasteiger partial charge < -0.3 is 9.73 Å². The number of aromatic nitrogens is 2. The number of nitrogens with one attached hydrogen (secondary N) is 1. The van der Waals surface area contributed by atoms with E-state index in [1.807, 2.05) is 49.4 Å². The number of rotatable bonds is 3. The Morgan fingerprint density at radius 1 is 1.08 bits per heavy atom. The largest absolute Gasteiger partial charge is 0.444 e. The Hall–Kier alpha value is -2.99. The Kier molecular flexibility index (Phi) is 4.26. The van der Waals surface area contributed by atoms with Gasteiger partial charge in [-0.05, 0) is 58.7 Å². The molecule has 0 spiro atoms. The van der Waals surface area contributed by atoms with Crippen molar-refractivity contribution in [2.75, 3.05) is 5.32 Å². The standard InChI is InChI=1S/C20H14BrN3O2/c1-12-6-7-13(17-11-22-14-4-2-3-5-15(14)23-17)10-16(12)24-20(25)18-8-9-19(21)26-18/h2-11H,1H3,(H,24,25). The highest BCUT2D eigenvalue weighted by Gasteiger charge is 2.13. The van der Waals surface area contributed by atoms with E-state index in [1.165, 1.54) is 0 Å².